The molecule has 18 heavy (non-hydrogen) atoms. The second-order valence-corrected chi connectivity index (χ2v) is 4.56. The van der Waals surface area contributed by atoms with E-state index >= 15 is 0 Å². The number of primary amides is 1. The van der Waals surface area contributed by atoms with Crippen LogP contribution < -0.4 is 15.8 Å². The third-order valence-electron chi connectivity index (χ3n) is 2.77. The molecule has 0 saturated heterocycles. The van der Waals surface area contributed by atoms with Crippen LogP contribution in [0.5, 0.6) is 5.75 Å². The van der Waals surface area contributed by atoms with Crippen LogP contribution in [0, 0.1) is 0 Å². The van der Waals surface area contributed by atoms with Crippen LogP contribution >= 0.6 is 0 Å². The molecule has 0 saturated carbocycles. The Morgan fingerprint density at radius 3 is 2.72 bits per heavy atom. The highest BCUT2D eigenvalue weighted by Crippen LogP contribution is 2.23. The van der Waals surface area contributed by atoms with E-state index in [0.29, 0.717) is 11.6 Å². The van der Waals surface area contributed by atoms with Crippen molar-refractivity contribution in [1.29, 1.82) is 0 Å². The van der Waals surface area contributed by atoms with Crippen LogP contribution in [-0.2, 0) is 6.42 Å². The molecular formula is C14H22N2O2. The molecule has 0 radical (unpaired) electrons. The zero-order valence-corrected chi connectivity index (χ0v) is 11.3. The summed E-state index contributed by atoms with van der Waals surface area (Å²) in [5.74, 6) is 0.330. The van der Waals surface area contributed by atoms with Gasteiger partial charge in [0.15, 0.2) is 0 Å². The number of carbonyl (C=O) groups is 1. The summed E-state index contributed by atoms with van der Waals surface area (Å²) >= 11 is 0. The molecule has 0 fully saturated rings. The molecule has 0 aliphatic carbocycles. The third kappa shape index (κ3) is 4.04. The Morgan fingerprint density at radius 2 is 2.17 bits per heavy atom. The van der Waals surface area contributed by atoms with Crippen molar-refractivity contribution < 1.29 is 9.53 Å². The van der Waals surface area contributed by atoms with E-state index in [1.54, 1.807) is 19.2 Å². The minimum Gasteiger partial charge on any atom is -0.496 e. The molecule has 1 aromatic carbocycles. The van der Waals surface area contributed by atoms with Crippen LogP contribution in [0.1, 0.15) is 36.2 Å². The molecule has 1 amide bonds. The van der Waals surface area contributed by atoms with Gasteiger partial charge in [0.25, 0.3) is 0 Å². The number of carbonyl (C=O) groups excluding carboxylic acids is 1. The molecule has 0 aliphatic rings. The minimum atomic E-state index is -0.402. The summed E-state index contributed by atoms with van der Waals surface area (Å²) in [5, 5.41) is 3.34. The fraction of sp³-hybridized carbons (Fsp3) is 0.500. The quantitative estimate of drug-likeness (QED) is 0.724. The van der Waals surface area contributed by atoms with Gasteiger partial charge in [0.05, 0.1) is 7.11 Å². The first kappa shape index (κ1) is 14.5. The Kier molecular flexibility index (Phi) is 5.65. The van der Waals surface area contributed by atoms with Crippen LogP contribution in [0.2, 0.25) is 0 Å². The lowest BCUT2D eigenvalue weighted by Crippen LogP contribution is -2.24. The lowest BCUT2D eigenvalue weighted by atomic mass is 10.0. The molecule has 4 nitrogen and oxygen atoms in total. The first-order valence-corrected chi connectivity index (χ1v) is 6.25. The highest BCUT2D eigenvalue weighted by Gasteiger charge is 2.12. The maximum absolute atomic E-state index is 11.4. The van der Waals surface area contributed by atoms with Gasteiger partial charge in [0, 0.05) is 17.2 Å². The molecule has 100 valence electrons. The van der Waals surface area contributed by atoms with E-state index in [9.17, 15) is 4.79 Å². The predicted octanol–water partition coefficient (Wildman–Crippen LogP) is 1.72. The second kappa shape index (κ2) is 7.01. The highest BCUT2D eigenvalue weighted by atomic mass is 16.5. The largest absolute Gasteiger partial charge is 0.496 e. The fourth-order valence-electron chi connectivity index (χ4n) is 1.90. The summed E-state index contributed by atoms with van der Waals surface area (Å²) in [6.45, 7) is 5.13. The normalized spacial score (nSPS) is 10.7. The zero-order chi connectivity index (χ0) is 13.5. The molecule has 1 rings (SSSR count). The Hall–Kier alpha value is -1.55. The Balaban J connectivity index is 2.75. The maximum Gasteiger partial charge on any atom is 0.249 e. The van der Waals surface area contributed by atoms with Gasteiger partial charge in [-0.1, -0.05) is 19.9 Å². The van der Waals surface area contributed by atoms with Crippen molar-refractivity contribution in [3.8, 4) is 5.75 Å². The van der Waals surface area contributed by atoms with Gasteiger partial charge in [-0.3, -0.25) is 4.79 Å². The van der Waals surface area contributed by atoms with Gasteiger partial charge in [0.2, 0.25) is 5.91 Å². The van der Waals surface area contributed by atoms with E-state index in [2.05, 4.69) is 19.2 Å². The molecule has 1 aromatic rings. The summed E-state index contributed by atoms with van der Waals surface area (Å²) in [6.07, 6.45) is 1.72. The molecule has 0 atom stereocenters. The SMILES string of the molecule is COc1cccc(C(N)=O)c1CCCNC(C)C. The molecule has 3 N–H and O–H groups in total. The van der Waals surface area contributed by atoms with Crippen LogP contribution in [0.15, 0.2) is 18.2 Å². The predicted molar refractivity (Wildman–Crippen MR) is 73.0 cm³/mol. The number of ether oxygens (including phenoxy) is 1. The fourth-order valence-corrected chi connectivity index (χ4v) is 1.90. The molecule has 0 aliphatic heterocycles. The summed E-state index contributed by atoms with van der Waals surface area (Å²) < 4.78 is 5.29. The van der Waals surface area contributed by atoms with Gasteiger partial charge in [-0.25, -0.2) is 0 Å². The molecule has 0 unspecified atom stereocenters. The van der Waals surface area contributed by atoms with Gasteiger partial charge < -0.3 is 15.8 Å². The van der Waals surface area contributed by atoms with Crippen LogP contribution in [-0.4, -0.2) is 25.6 Å². The first-order chi connectivity index (χ1) is 8.56. The number of amides is 1. The lowest BCUT2D eigenvalue weighted by molar-refractivity contribution is 0.0999. The summed E-state index contributed by atoms with van der Waals surface area (Å²) in [4.78, 5) is 11.4. The number of nitrogens with one attached hydrogen (secondary N) is 1. The van der Waals surface area contributed by atoms with Crippen molar-refractivity contribution >= 4 is 5.91 Å². The molecular weight excluding hydrogens is 228 g/mol. The van der Waals surface area contributed by atoms with Crippen molar-refractivity contribution in [3.63, 3.8) is 0 Å². The van der Waals surface area contributed by atoms with Gasteiger partial charge in [0.1, 0.15) is 5.75 Å². The lowest BCUT2D eigenvalue weighted by Gasteiger charge is -2.13. The standard InChI is InChI=1S/C14H22N2O2/c1-10(2)16-9-5-7-11-12(14(15)17)6-4-8-13(11)18-3/h4,6,8,10,16H,5,7,9H2,1-3H3,(H2,15,17). The maximum atomic E-state index is 11.4. The average Bonchev–Trinajstić information content (AvgIpc) is 2.33. The second-order valence-electron chi connectivity index (χ2n) is 4.56. The smallest absolute Gasteiger partial charge is 0.249 e. The monoisotopic (exact) mass is 250 g/mol. The number of hydrogen-bond donors (Lipinski definition) is 2. The summed E-state index contributed by atoms with van der Waals surface area (Å²) in [7, 11) is 1.61. The van der Waals surface area contributed by atoms with Gasteiger partial charge >= 0.3 is 0 Å². The van der Waals surface area contributed by atoms with E-state index in [1.165, 1.54) is 0 Å². The van der Waals surface area contributed by atoms with Crippen molar-refractivity contribution in [2.45, 2.75) is 32.7 Å². The van der Waals surface area contributed by atoms with Crippen molar-refractivity contribution in [1.82, 2.24) is 5.32 Å². The van der Waals surface area contributed by atoms with Crippen molar-refractivity contribution in [2.24, 2.45) is 5.73 Å². The van der Waals surface area contributed by atoms with E-state index in [0.717, 1.165) is 30.7 Å². The zero-order valence-electron chi connectivity index (χ0n) is 11.3. The Bertz CT molecular complexity index is 403. The van der Waals surface area contributed by atoms with Gasteiger partial charge in [-0.05, 0) is 31.5 Å². The average molecular weight is 250 g/mol. The number of nitrogens with two attached hydrogens (primary N) is 1. The number of methoxy groups -OCH3 is 1. The molecule has 4 heteroatoms. The van der Waals surface area contributed by atoms with E-state index in [-0.39, 0.29) is 0 Å². The number of benzene rings is 1. The van der Waals surface area contributed by atoms with E-state index in [1.807, 2.05) is 6.07 Å². The van der Waals surface area contributed by atoms with Gasteiger partial charge in [-0.2, -0.15) is 0 Å². The Labute approximate surface area is 109 Å². The first-order valence-electron chi connectivity index (χ1n) is 6.25. The molecule has 0 heterocycles. The van der Waals surface area contributed by atoms with E-state index in [4.69, 9.17) is 10.5 Å². The molecule has 0 aromatic heterocycles. The molecule has 0 bridgehead atoms. The summed E-state index contributed by atoms with van der Waals surface area (Å²) in [5.41, 5.74) is 6.84. The number of rotatable bonds is 7. The van der Waals surface area contributed by atoms with Gasteiger partial charge in [-0.15, -0.1) is 0 Å². The highest BCUT2D eigenvalue weighted by molar-refractivity contribution is 5.95. The van der Waals surface area contributed by atoms with Crippen LogP contribution in [0.4, 0.5) is 0 Å². The number of hydrogen-bond acceptors (Lipinski definition) is 3. The Morgan fingerprint density at radius 1 is 1.44 bits per heavy atom. The third-order valence-corrected chi connectivity index (χ3v) is 2.77. The van der Waals surface area contributed by atoms with Crippen molar-refractivity contribution in [3.05, 3.63) is 29.3 Å². The summed E-state index contributed by atoms with van der Waals surface area (Å²) in [6, 6.07) is 5.86. The molecule has 0 spiro atoms. The van der Waals surface area contributed by atoms with Crippen molar-refractivity contribution in [2.75, 3.05) is 13.7 Å². The topological polar surface area (TPSA) is 64.3 Å². The van der Waals surface area contributed by atoms with E-state index < -0.39 is 5.91 Å². The van der Waals surface area contributed by atoms with Crippen LogP contribution in [0.25, 0.3) is 0 Å². The van der Waals surface area contributed by atoms with Crippen LogP contribution in [0.3, 0.4) is 0 Å². The minimum absolute atomic E-state index is 0.402.